The number of H-pyrrole nitrogens is 1. The van der Waals surface area contributed by atoms with Crippen LogP contribution in [0.3, 0.4) is 0 Å². The minimum absolute atomic E-state index is 0.0172. The summed E-state index contributed by atoms with van der Waals surface area (Å²) in [6, 6.07) is 15.3. The number of aromatic amines is 1. The lowest BCUT2D eigenvalue weighted by Gasteiger charge is -2.32. The van der Waals surface area contributed by atoms with Crippen LogP contribution >= 0.6 is 0 Å². The molecule has 0 aliphatic carbocycles. The van der Waals surface area contributed by atoms with E-state index in [9.17, 15) is 14.8 Å². The van der Waals surface area contributed by atoms with Gasteiger partial charge in [-0.15, -0.1) is 0 Å². The fourth-order valence-electron chi connectivity index (χ4n) is 3.99. The maximum atomic E-state index is 12.9. The maximum absolute atomic E-state index is 12.9. The summed E-state index contributed by atoms with van der Waals surface area (Å²) in [6.45, 7) is 1.97. The normalized spacial score (nSPS) is 15.2. The third-order valence-corrected chi connectivity index (χ3v) is 5.61. The van der Waals surface area contributed by atoms with E-state index in [1.165, 1.54) is 5.56 Å². The van der Waals surface area contributed by atoms with Crippen molar-refractivity contribution in [2.45, 2.75) is 25.3 Å². The lowest BCUT2D eigenvalue weighted by Crippen LogP contribution is -2.38. The summed E-state index contributed by atoms with van der Waals surface area (Å²) in [7, 11) is -1.52. The Labute approximate surface area is 164 Å². The van der Waals surface area contributed by atoms with Crippen molar-refractivity contribution in [1.29, 1.82) is 0 Å². The standard InChI is InChI=1S/C21H24BN3O3/c23-13-14-2-1-3-16(10-14)15-6-8-25(9-7-15)21(26)20-12-17-11-18(22(27)28)4-5-19(17)24-20/h1-5,10-12,15,24,27-28H,6-9,13,23H2. The third kappa shape index (κ3) is 3.69. The Hall–Kier alpha value is -2.61. The number of nitrogens with one attached hydrogen (secondary N) is 1. The first kappa shape index (κ1) is 18.7. The minimum atomic E-state index is -1.52. The number of carbonyl (C=O) groups is 1. The van der Waals surface area contributed by atoms with E-state index in [0.717, 1.165) is 29.3 Å². The van der Waals surface area contributed by atoms with Crippen LogP contribution in [0.1, 0.15) is 40.4 Å². The zero-order valence-electron chi connectivity index (χ0n) is 15.6. The van der Waals surface area contributed by atoms with Gasteiger partial charge in [-0.3, -0.25) is 4.79 Å². The summed E-state index contributed by atoms with van der Waals surface area (Å²) >= 11 is 0. The molecule has 28 heavy (non-hydrogen) atoms. The van der Waals surface area contributed by atoms with Gasteiger partial charge < -0.3 is 25.7 Å². The first-order valence-corrected chi connectivity index (χ1v) is 9.62. The van der Waals surface area contributed by atoms with Crippen LogP contribution in [0.5, 0.6) is 0 Å². The molecule has 1 aliphatic rings. The summed E-state index contributed by atoms with van der Waals surface area (Å²) in [4.78, 5) is 17.9. The van der Waals surface area contributed by atoms with Crippen LogP contribution in [0.2, 0.25) is 0 Å². The second-order valence-electron chi connectivity index (χ2n) is 7.42. The summed E-state index contributed by atoms with van der Waals surface area (Å²) in [5.74, 6) is 0.434. The highest BCUT2D eigenvalue weighted by Gasteiger charge is 2.25. The molecule has 144 valence electrons. The maximum Gasteiger partial charge on any atom is 0.488 e. The number of carbonyl (C=O) groups excluding carboxylic acids is 1. The number of hydrogen-bond donors (Lipinski definition) is 4. The van der Waals surface area contributed by atoms with E-state index in [1.807, 2.05) is 11.0 Å². The summed E-state index contributed by atoms with van der Waals surface area (Å²) in [6.07, 6.45) is 1.86. The Balaban J connectivity index is 1.45. The van der Waals surface area contributed by atoms with Crippen molar-refractivity contribution in [3.05, 3.63) is 65.4 Å². The van der Waals surface area contributed by atoms with Crippen LogP contribution in [-0.4, -0.2) is 46.0 Å². The monoisotopic (exact) mass is 377 g/mol. The van der Waals surface area contributed by atoms with Crippen LogP contribution in [0.25, 0.3) is 10.9 Å². The molecular weight excluding hydrogens is 353 g/mol. The lowest BCUT2D eigenvalue weighted by atomic mass is 9.80. The highest BCUT2D eigenvalue weighted by atomic mass is 16.4. The van der Waals surface area contributed by atoms with Gasteiger partial charge in [-0.05, 0) is 52.9 Å². The molecule has 1 saturated heterocycles. The molecule has 4 rings (SSSR count). The Bertz CT molecular complexity index is 993. The predicted octanol–water partition coefficient (Wildman–Crippen LogP) is 1.33. The number of aromatic nitrogens is 1. The van der Waals surface area contributed by atoms with Gasteiger partial charge in [0.2, 0.25) is 0 Å². The average molecular weight is 377 g/mol. The molecule has 1 aliphatic heterocycles. The first-order valence-electron chi connectivity index (χ1n) is 9.62. The number of piperidine rings is 1. The SMILES string of the molecule is NCc1cccc(C2CCN(C(=O)c3cc4cc(B(O)O)ccc4[nH]3)CC2)c1. The number of nitrogens with zero attached hydrogens (tertiary/aromatic N) is 1. The summed E-state index contributed by atoms with van der Waals surface area (Å²) in [5, 5.41) is 19.4. The highest BCUT2D eigenvalue weighted by Crippen LogP contribution is 2.29. The van der Waals surface area contributed by atoms with Crippen molar-refractivity contribution in [2.75, 3.05) is 13.1 Å². The molecule has 5 N–H and O–H groups in total. The van der Waals surface area contributed by atoms with Gasteiger partial charge in [-0.1, -0.05) is 36.4 Å². The van der Waals surface area contributed by atoms with E-state index in [4.69, 9.17) is 5.73 Å². The Morgan fingerprint density at radius 3 is 2.64 bits per heavy atom. The Kier molecular flexibility index (Phi) is 5.22. The molecule has 0 spiro atoms. The van der Waals surface area contributed by atoms with Crippen LogP contribution < -0.4 is 11.2 Å². The number of likely N-dealkylation sites (tertiary alicyclic amines) is 1. The van der Waals surface area contributed by atoms with Crippen LogP contribution in [0.4, 0.5) is 0 Å². The molecule has 1 amide bonds. The highest BCUT2D eigenvalue weighted by molar-refractivity contribution is 6.58. The van der Waals surface area contributed by atoms with Gasteiger partial charge >= 0.3 is 7.12 Å². The molecule has 0 radical (unpaired) electrons. The average Bonchev–Trinajstić information content (AvgIpc) is 3.16. The molecule has 0 bridgehead atoms. The van der Waals surface area contributed by atoms with Crippen molar-refractivity contribution >= 4 is 29.4 Å². The van der Waals surface area contributed by atoms with Gasteiger partial charge in [-0.25, -0.2) is 0 Å². The second kappa shape index (κ2) is 7.79. The smallest absolute Gasteiger partial charge is 0.423 e. The third-order valence-electron chi connectivity index (χ3n) is 5.61. The van der Waals surface area contributed by atoms with E-state index in [2.05, 4.69) is 23.2 Å². The molecule has 0 unspecified atom stereocenters. The fraction of sp³-hybridized carbons (Fsp3) is 0.286. The zero-order chi connectivity index (χ0) is 19.7. The number of benzene rings is 2. The van der Waals surface area contributed by atoms with Gasteiger partial charge in [0.15, 0.2) is 0 Å². The molecule has 6 nitrogen and oxygen atoms in total. The molecule has 3 aromatic rings. The molecule has 2 heterocycles. The Morgan fingerprint density at radius 1 is 1.14 bits per heavy atom. The second-order valence-corrected chi connectivity index (χ2v) is 7.42. The zero-order valence-corrected chi connectivity index (χ0v) is 15.6. The van der Waals surface area contributed by atoms with Gasteiger partial charge in [0, 0.05) is 25.2 Å². The van der Waals surface area contributed by atoms with Crippen molar-refractivity contribution in [1.82, 2.24) is 9.88 Å². The van der Waals surface area contributed by atoms with Crippen LogP contribution in [-0.2, 0) is 6.54 Å². The number of hydrogen-bond acceptors (Lipinski definition) is 4. The molecular formula is C21H24BN3O3. The van der Waals surface area contributed by atoms with Gasteiger partial charge in [0.25, 0.3) is 5.91 Å². The van der Waals surface area contributed by atoms with E-state index in [0.29, 0.717) is 36.7 Å². The fourth-order valence-corrected chi connectivity index (χ4v) is 3.99. The molecule has 1 fully saturated rings. The van der Waals surface area contributed by atoms with Crippen LogP contribution in [0, 0.1) is 0 Å². The van der Waals surface area contributed by atoms with E-state index >= 15 is 0 Å². The minimum Gasteiger partial charge on any atom is -0.423 e. The number of nitrogens with two attached hydrogens (primary N) is 1. The first-order chi connectivity index (χ1) is 13.5. The van der Waals surface area contributed by atoms with Crippen molar-refractivity contribution in [2.24, 2.45) is 5.73 Å². The molecule has 0 atom stereocenters. The van der Waals surface area contributed by atoms with E-state index < -0.39 is 7.12 Å². The van der Waals surface area contributed by atoms with Crippen LogP contribution in [0.15, 0.2) is 48.5 Å². The molecule has 2 aromatic carbocycles. The predicted molar refractivity (Wildman–Crippen MR) is 110 cm³/mol. The van der Waals surface area contributed by atoms with E-state index in [-0.39, 0.29) is 5.91 Å². The number of amides is 1. The quantitative estimate of drug-likeness (QED) is 0.515. The molecule has 0 saturated carbocycles. The van der Waals surface area contributed by atoms with Crippen molar-refractivity contribution in [3.63, 3.8) is 0 Å². The van der Waals surface area contributed by atoms with Gasteiger partial charge in [-0.2, -0.15) is 0 Å². The van der Waals surface area contributed by atoms with Gasteiger partial charge in [0.1, 0.15) is 5.69 Å². The topological polar surface area (TPSA) is 103 Å². The summed E-state index contributed by atoms with van der Waals surface area (Å²) in [5.41, 5.74) is 9.94. The molecule has 1 aromatic heterocycles. The molecule has 7 heteroatoms. The van der Waals surface area contributed by atoms with E-state index in [1.54, 1.807) is 24.3 Å². The van der Waals surface area contributed by atoms with Crippen molar-refractivity contribution < 1.29 is 14.8 Å². The number of fused-ring (bicyclic) bond motifs is 1. The Morgan fingerprint density at radius 2 is 1.93 bits per heavy atom. The van der Waals surface area contributed by atoms with Gasteiger partial charge in [0.05, 0.1) is 0 Å². The lowest BCUT2D eigenvalue weighted by molar-refractivity contribution is 0.0708. The summed E-state index contributed by atoms with van der Waals surface area (Å²) < 4.78 is 0. The number of rotatable bonds is 4. The largest absolute Gasteiger partial charge is 0.488 e. The van der Waals surface area contributed by atoms with Crippen molar-refractivity contribution in [3.8, 4) is 0 Å².